The van der Waals surface area contributed by atoms with Gasteiger partial charge in [-0.2, -0.15) is 0 Å². The molecule has 0 N–H and O–H groups in total. The van der Waals surface area contributed by atoms with Crippen molar-refractivity contribution in [3.05, 3.63) is 132 Å². The first-order chi connectivity index (χ1) is 21.2. The van der Waals surface area contributed by atoms with E-state index in [-0.39, 0.29) is 5.41 Å². The minimum atomic E-state index is -1.42. The summed E-state index contributed by atoms with van der Waals surface area (Å²) in [5.41, 5.74) is 9.29. The lowest BCUT2D eigenvalue weighted by Crippen LogP contribution is -2.37. The van der Waals surface area contributed by atoms with Crippen LogP contribution in [0.25, 0.3) is 70.9 Å². The Hall–Kier alpha value is -4.66. The van der Waals surface area contributed by atoms with Crippen LogP contribution in [0.5, 0.6) is 0 Å². The molecule has 7 aromatic carbocycles. The summed E-state index contributed by atoms with van der Waals surface area (Å²) in [5.74, 6) is 0. The van der Waals surface area contributed by atoms with Gasteiger partial charge in [0, 0.05) is 21.9 Å². The summed E-state index contributed by atoms with van der Waals surface area (Å²) in [6, 6.07) is 46.2. The van der Waals surface area contributed by atoms with Gasteiger partial charge in [-0.15, -0.1) is 0 Å². The van der Waals surface area contributed by atoms with E-state index in [2.05, 4.69) is 159 Å². The third-order valence-electron chi connectivity index (χ3n) is 10.3. The Labute approximate surface area is 259 Å². The molecule has 0 spiro atoms. The van der Waals surface area contributed by atoms with E-state index in [1.54, 1.807) is 0 Å². The minimum Gasteiger partial charge on any atom is -0.309 e. The molecule has 1 aromatic heterocycles. The van der Waals surface area contributed by atoms with Crippen LogP contribution in [-0.4, -0.2) is 12.6 Å². The van der Waals surface area contributed by atoms with Crippen LogP contribution in [0.4, 0.5) is 0 Å². The van der Waals surface area contributed by atoms with Gasteiger partial charge in [0.25, 0.3) is 0 Å². The summed E-state index contributed by atoms with van der Waals surface area (Å²) in [6.07, 6.45) is 0. The Morgan fingerprint density at radius 3 is 1.61 bits per heavy atom. The maximum absolute atomic E-state index is 2.53. The number of fused-ring (bicyclic) bond motifs is 12. The first-order valence-electron chi connectivity index (χ1n) is 15.8. The average molecular weight is 582 g/mol. The van der Waals surface area contributed by atoms with Gasteiger partial charge in [0.1, 0.15) is 0 Å². The number of nitrogens with zero attached hydrogens (tertiary/aromatic N) is 1. The van der Waals surface area contributed by atoms with Gasteiger partial charge in [-0.05, 0) is 91.0 Å². The summed E-state index contributed by atoms with van der Waals surface area (Å²) in [5, 5.41) is 12.0. The number of hydrogen-bond acceptors (Lipinski definition) is 0. The number of rotatable bonds is 2. The van der Waals surface area contributed by atoms with Crippen molar-refractivity contribution in [3.63, 3.8) is 0 Å². The standard InChI is InChI=1S/C42H35NSi/c1-42(2)38-17-11-10-16-32(38)35-23-37-36-22-33-30-14-8-6-12-28(30)29-13-7-9-15-31(29)34(33)24-40(36)43(41(37)25-39(35)42)26-18-20-27(21-19-26)44(3,4)5/h6-25H,1-5H3. The molecule has 44 heavy (non-hydrogen) atoms. The van der Waals surface area contributed by atoms with Crippen LogP contribution in [0.2, 0.25) is 19.6 Å². The van der Waals surface area contributed by atoms with Gasteiger partial charge in [0.2, 0.25) is 0 Å². The fourth-order valence-corrected chi connectivity index (χ4v) is 9.16. The third kappa shape index (κ3) is 3.40. The van der Waals surface area contributed by atoms with Crippen LogP contribution in [0.3, 0.4) is 0 Å². The summed E-state index contributed by atoms with van der Waals surface area (Å²) in [7, 11) is -1.42. The molecule has 0 saturated heterocycles. The number of hydrogen-bond donors (Lipinski definition) is 0. The zero-order chi connectivity index (χ0) is 30.0. The molecule has 8 aromatic rings. The molecule has 0 amide bonds. The SMILES string of the molecule is CC1(C)c2ccccc2-c2cc3c4cc5c6ccccc6c6ccccc6c5cc4n(-c4ccc([Si](C)(C)C)cc4)c3cc21. The zero-order valence-corrected chi connectivity index (χ0v) is 27.0. The van der Waals surface area contributed by atoms with Crippen LogP contribution < -0.4 is 5.19 Å². The van der Waals surface area contributed by atoms with Gasteiger partial charge >= 0.3 is 0 Å². The minimum absolute atomic E-state index is 0.0553. The highest BCUT2D eigenvalue weighted by molar-refractivity contribution is 6.88. The molecule has 1 nitrogen and oxygen atoms in total. The average Bonchev–Trinajstić information content (AvgIpc) is 3.47. The largest absolute Gasteiger partial charge is 0.309 e. The molecule has 0 bridgehead atoms. The zero-order valence-electron chi connectivity index (χ0n) is 26.0. The number of aromatic nitrogens is 1. The molecule has 2 heteroatoms. The van der Waals surface area contributed by atoms with Crippen molar-refractivity contribution in [2.45, 2.75) is 38.9 Å². The molecule has 1 aliphatic rings. The third-order valence-corrected chi connectivity index (χ3v) is 12.4. The second-order valence-electron chi connectivity index (χ2n) is 14.2. The lowest BCUT2D eigenvalue weighted by atomic mass is 9.82. The predicted molar refractivity (Wildman–Crippen MR) is 194 cm³/mol. The Morgan fingerprint density at radius 2 is 0.977 bits per heavy atom. The maximum Gasteiger partial charge on any atom is 0.0775 e. The van der Waals surface area contributed by atoms with E-state index in [4.69, 9.17) is 0 Å². The molecule has 0 fully saturated rings. The second-order valence-corrected chi connectivity index (χ2v) is 19.3. The van der Waals surface area contributed by atoms with E-state index < -0.39 is 8.07 Å². The van der Waals surface area contributed by atoms with E-state index in [0.717, 1.165) is 0 Å². The lowest BCUT2D eigenvalue weighted by Gasteiger charge is -2.22. The fraction of sp³-hybridized carbons (Fsp3) is 0.143. The van der Waals surface area contributed by atoms with Gasteiger partial charge < -0.3 is 4.57 Å². The molecule has 0 atom stereocenters. The predicted octanol–water partition coefficient (Wildman–Crippen LogP) is 11.1. The first kappa shape index (κ1) is 25.8. The maximum atomic E-state index is 2.53. The summed E-state index contributed by atoms with van der Waals surface area (Å²) >= 11 is 0. The smallest absolute Gasteiger partial charge is 0.0775 e. The molecule has 0 radical (unpaired) electrons. The Morgan fingerprint density at radius 1 is 0.455 bits per heavy atom. The van der Waals surface area contributed by atoms with Gasteiger partial charge in [0.05, 0.1) is 19.1 Å². The van der Waals surface area contributed by atoms with Crippen LogP contribution in [-0.2, 0) is 5.41 Å². The first-order valence-corrected chi connectivity index (χ1v) is 19.3. The molecule has 1 heterocycles. The van der Waals surface area contributed by atoms with Crippen LogP contribution in [0.15, 0.2) is 121 Å². The monoisotopic (exact) mass is 581 g/mol. The van der Waals surface area contributed by atoms with Crippen molar-refractivity contribution in [1.29, 1.82) is 0 Å². The Bertz CT molecular complexity index is 2490. The Kier molecular flexibility index (Phi) is 5.11. The van der Waals surface area contributed by atoms with E-state index >= 15 is 0 Å². The van der Waals surface area contributed by atoms with E-state index in [0.29, 0.717) is 0 Å². The number of benzene rings is 7. The molecule has 9 rings (SSSR count). The molecular weight excluding hydrogens is 547 g/mol. The van der Waals surface area contributed by atoms with Crippen molar-refractivity contribution < 1.29 is 0 Å². The summed E-state index contributed by atoms with van der Waals surface area (Å²) in [4.78, 5) is 0. The van der Waals surface area contributed by atoms with Gasteiger partial charge in [-0.25, -0.2) is 0 Å². The molecule has 1 aliphatic carbocycles. The van der Waals surface area contributed by atoms with Gasteiger partial charge in [-0.1, -0.05) is 124 Å². The molecule has 0 saturated carbocycles. The summed E-state index contributed by atoms with van der Waals surface area (Å²) < 4.78 is 2.53. The van der Waals surface area contributed by atoms with Crippen LogP contribution in [0.1, 0.15) is 25.0 Å². The van der Waals surface area contributed by atoms with Crippen molar-refractivity contribution >= 4 is 67.4 Å². The lowest BCUT2D eigenvalue weighted by molar-refractivity contribution is 0.661. The summed E-state index contributed by atoms with van der Waals surface area (Å²) in [6.45, 7) is 12.0. The molecular formula is C42H35NSi. The van der Waals surface area contributed by atoms with E-state index in [9.17, 15) is 0 Å². The van der Waals surface area contributed by atoms with Crippen molar-refractivity contribution in [2.75, 3.05) is 0 Å². The quantitative estimate of drug-likeness (QED) is 0.141. The van der Waals surface area contributed by atoms with E-state index in [1.165, 1.54) is 87.3 Å². The molecule has 0 aliphatic heterocycles. The highest BCUT2D eigenvalue weighted by Crippen LogP contribution is 2.51. The normalized spacial score (nSPS) is 14.2. The second kappa shape index (κ2) is 8.71. The van der Waals surface area contributed by atoms with E-state index in [1.807, 2.05) is 0 Å². The van der Waals surface area contributed by atoms with Gasteiger partial charge in [0.15, 0.2) is 0 Å². The topological polar surface area (TPSA) is 4.93 Å². The highest BCUT2D eigenvalue weighted by Gasteiger charge is 2.36. The van der Waals surface area contributed by atoms with Gasteiger partial charge in [-0.3, -0.25) is 0 Å². The Balaban J connectivity index is 1.47. The van der Waals surface area contributed by atoms with Crippen LogP contribution in [0, 0.1) is 0 Å². The molecule has 212 valence electrons. The fourth-order valence-electron chi connectivity index (χ4n) is 8.00. The van der Waals surface area contributed by atoms with Crippen molar-refractivity contribution in [2.24, 2.45) is 0 Å². The highest BCUT2D eigenvalue weighted by atomic mass is 28.3. The van der Waals surface area contributed by atoms with Crippen molar-refractivity contribution in [1.82, 2.24) is 4.57 Å². The van der Waals surface area contributed by atoms with Crippen molar-refractivity contribution in [3.8, 4) is 16.8 Å². The molecule has 0 unspecified atom stereocenters. The van der Waals surface area contributed by atoms with Crippen LogP contribution >= 0.6 is 0 Å².